The van der Waals surface area contributed by atoms with Gasteiger partial charge in [-0.2, -0.15) is 0 Å². The lowest BCUT2D eigenvalue weighted by Crippen LogP contribution is -2.50. The Bertz CT molecular complexity index is 587. The molecule has 0 heterocycles. The van der Waals surface area contributed by atoms with Gasteiger partial charge in [0.1, 0.15) is 0 Å². The van der Waals surface area contributed by atoms with Gasteiger partial charge in [-0.3, -0.25) is 0 Å². The minimum atomic E-state index is 1.37. The van der Waals surface area contributed by atoms with Gasteiger partial charge in [-0.1, -0.05) is 285 Å². The molecule has 0 unspecified atom stereocenters. The van der Waals surface area contributed by atoms with E-state index in [1.807, 2.05) is 0 Å². The second-order valence-corrected chi connectivity index (χ2v) is 19.4. The van der Waals surface area contributed by atoms with Crippen LogP contribution in [0.2, 0.25) is 0 Å². The summed E-state index contributed by atoms with van der Waals surface area (Å²) in [6.45, 7) is 15.3. The molecule has 0 saturated carbocycles. The molecule has 0 spiro atoms. The van der Waals surface area contributed by atoms with E-state index >= 15 is 0 Å². The van der Waals surface area contributed by atoms with Crippen molar-refractivity contribution in [3.8, 4) is 0 Å². The Morgan fingerprint density at radius 1 is 0.143 bits per heavy atom. The van der Waals surface area contributed by atoms with Crippen molar-refractivity contribution in [2.24, 2.45) is 0 Å². The van der Waals surface area contributed by atoms with Crippen molar-refractivity contribution in [1.82, 2.24) is 0 Å². The normalized spacial score (nSPS) is 12.0. The summed E-state index contributed by atoms with van der Waals surface area (Å²) in [4.78, 5) is 0. The largest absolute Gasteiger partial charge is 0.324 e. The molecule has 0 N–H and O–H groups in total. The molecule has 0 fully saturated rings. The van der Waals surface area contributed by atoms with E-state index in [0.717, 1.165) is 0 Å². The average molecular weight is 790 g/mol. The summed E-state index contributed by atoms with van der Waals surface area (Å²) in [7, 11) is 0. The summed E-state index contributed by atoms with van der Waals surface area (Å²) in [6, 6.07) is 0. The fourth-order valence-electron chi connectivity index (χ4n) is 9.62. The molecule has 0 aliphatic carbocycles. The minimum absolute atomic E-state index is 1.37. The van der Waals surface area contributed by atoms with Crippen LogP contribution >= 0.6 is 0 Å². The van der Waals surface area contributed by atoms with E-state index in [1.165, 1.54) is 332 Å². The van der Waals surface area contributed by atoms with Crippen molar-refractivity contribution in [3.05, 3.63) is 0 Å². The fraction of sp³-hybridized carbons (Fsp3) is 1.00. The van der Waals surface area contributed by atoms with Gasteiger partial charge in [0.25, 0.3) is 0 Å². The molecule has 0 rings (SSSR count). The minimum Gasteiger partial charge on any atom is -0.324 e. The van der Waals surface area contributed by atoms with Gasteiger partial charge in [-0.25, -0.2) is 0 Å². The number of rotatable bonds is 51. The van der Waals surface area contributed by atoms with Gasteiger partial charge in [0.15, 0.2) is 0 Å². The Hall–Kier alpha value is -0.0400. The Labute approximate surface area is 358 Å². The second-order valence-electron chi connectivity index (χ2n) is 19.4. The maximum Gasteiger partial charge on any atom is 0.0786 e. The first-order valence-electron chi connectivity index (χ1n) is 27.6. The smallest absolute Gasteiger partial charge is 0.0786 e. The van der Waals surface area contributed by atoms with Crippen LogP contribution in [0.5, 0.6) is 0 Å². The maximum atomic E-state index is 2.43. The summed E-state index contributed by atoms with van der Waals surface area (Å²) >= 11 is 0. The molecule has 0 bridgehead atoms. The molecule has 0 amide bonds. The molecule has 1 nitrogen and oxygen atoms in total. The molecular weight excluding hydrogens is 675 g/mol. The zero-order valence-corrected chi connectivity index (χ0v) is 40.5. The van der Waals surface area contributed by atoms with E-state index < -0.39 is 0 Å². The van der Waals surface area contributed by atoms with Crippen LogP contribution in [0.25, 0.3) is 0 Å². The molecule has 0 aromatic carbocycles. The predicted molar refractivity (Wildman–Crippen MR) is 259 cm³/mol. The monoisotopic (exact) mass is 789 g/mol. The van der Waals surface area contributed by atoms with Gasteiger partial charge in [-0.15, -0.1) is 0 Å². The Morgan fingerprint density at radius 3 is 0.429 bits per heavy atom. The van der Waals surface area contributed by atoms with Gasteiger partial charge >= 0.3 is 0 Å². The summed E-state index contributed by atoms with van der Waals surface area (Å²) in [5, 5.41) is 0. The summed E-state index contributed by atoms with van der Waals surface area (Å²) in [6.07, 6.45) is 69.2. The molecule has 0 radical (unpaired) electrons. The zero-order chi connectivity index (χ0) is 40.6. The quantitative estimate of drug-likeness (QED) is 0.0425. The van der Waals surface area contributed by atoms with Gasteiger partial charge < -0.3 is 4.48 Å². The second kappa shape index (κ2) is 49.3. The van der Waals surface area contributed by atoms with Crippen LogP contribution < -0.4 is 0 Å². The fourth-order valence-corrected chi connectivity index (χ4v) is 9.62. The highest BCUT2D eigenvalue weighted by molar-refractivity contribution is 4.56. The molecule has 0 atom stereocenters. The third kappa shape index (κ3) is 43.5. The van der Waals surface area contributed by atoms with Crippen molar-refractivity contribution in [3.63, 3.8) is 0 Å². The lowest BCUT2D eigenvalue weighted by molar-refractivity contribution is -0.929. The molecule has 56 heavy (non-hydrogen) atoms. The Kier molecular flexibility index (Phi) is 49.3. The van der Waals surface area contributed by atoms with Gasteiger partial charge in [0.2, 0.25) is 0 Å². The van der Waals surface area contributed by atoms with Crippen molar-refractivity contribution in [1.29, 1.82) is 0 Å². The molecule has 0 saturated heterocycles. The maximum absolute atomic E-state index is 2.43. The zero-order valence-electron chi connectivity index (χ0n) is 40.5. The van der Waals surface area contributed by atoms with Gasteiger partial charge in [0.05, 0.1) is 26.2 Å². The molecule has 0 aliphatic heterocycles. The summed E-state index contributed by atoms with van der Waals surface area (Å²) in [5.41, 5.74) is 0. The van der Waals surface area contributed by atoms with E-state index in [-0.39, 0.29) is 0 Å². The highest BCUT2D eigenvalue weighted by Crippen LogP contribution is 2.21. The van der Waals surface area contributed by atoms with E-state index in [1.54, 1.807) is 0 Å². The third-order valence-electron chi connectivity index (χ3n) is 13.7. The van der Waals surface area contributed by atoms with Crippen molar-refractivity contribution in [2.45, 2.75) is 329 Å². The van der Waals surface area contributed by atoms with Crippen molar-refractivity contribution in [2.75, 3.05) is 26.2 Å². The van der Waals surface area contributed by atoms with Crippen LogP contribution in [0.15, 0.2) is 0 Å². The van der Waals surface area contributed by atoms with Crippen molar-refractivity contribution < 1.29 is 4.48 Å². The van der Waals surface area contributed by atoms with E-state index in [9.17, 15) is 0 Å². The Balaban J connectivity index is 4.41. The molecule has 338 valence electrons. The number of unbranched alkanes of at least 4 members (excludes halogenated alkanes) is 43. The van der Waals surface area contributed by atoms with Gasteiger partial charge in [-0.05, 0) is 44.9 Å². The molecule has 1 heteroatoms. The van der Waals surface area contributed by atoms with E-state index in [4.69, 9.17) is 0 Å². The van der Waals surface area contributed by atoms with Crippen LogP contribution in [-0.2, 0) is 0 Å². The lowest BCUT2D eigenvalue weighted by Gasteiger charge is -2.39. The number of quaternary nitrogens is 1. The average Bonchev–Trinajstić information content (AvgIpc) is 3.21. The first kappa shape index (κ1) is 56.0. The number of hydrogen-bond acceptors (Lipinski definition) is 0. The van der Waals surface area contributed by atoms with Gasteiger partial charge in [0, 0.05) is 0 Å². The van der Waals surface area contributed by atoms with Crippen LogP contribution in [0.3, 0.4) is 0 Å². The third-order valence-corrected chi connectivity index (χ3v) is 13.7. The number of nitrogens with zero attached hydrogens (tertiary/aromatic N) is 1. The highest BCUT2D eigenvalue weighted by Gasteiger charge is 2.25. The highest BCUT2D eigenvalue weighted by atomic mass is 15.3. The predicted octanol–water partition coefficient (Wildman–Crippen LogP) is 20.2. The van der Waals surface area contributed by atoms with Crippen LogP contribution in [0.1, 0.15) is 329 Å². The molecule has 0 aromatic heterocycles. The van der Waals surface area contributed by atoms with Crippen LogP contribution in [0, 0.1) is 0 Å². The summed E-state index contributed by atoms with van der Waals surface area (Å²) in [5.74, 6) is 0. The lowest BCUT2D eigenvalue weighted by atomic mass is 10.0. The first-order chi connectivity index (χ1) is 27.7. The van der Waals surface area contributed by atoms with Crippen LogP contribution in [0.4, 0.5) is 0 Å². The van der Waals surface area contributed by atoms with Crippen molar-refractivity contribution >= 4 is 0 Å². The van der Waals surface area contributed by atoms with Crippen LogP contribution in [-0.4, -0.2) is 30.7 Å². The molecule has 0 aromatic rings. The molecular formula is C55H114N+. The number of hydrogen-bond donors (Lipinski definition) is 0. The molecule has 0 aliphatic rings. The first-order valence-corrected chi connectivity index (χ1v) is 27.6. The Morgan fingerprint density at radius 2 is 0.268 bits per heavy atom. The van der Waals surface area contributed by atoms with E-state index in [0.29, 0.717) is 0 Å². The summed E-state index contributed by atoms with van der Waals surface area (Å²) < 4.78 is 1.48. The SMILES string of the molecule is CCCCCCCCCCCCCCCCC[N+](CCCC)(CCCCCCCCCCCCCCCCC)CCCCCCCCCCCCCCCCC. The topological polar surface area (TPSA) is 0 Å². The van der Waals surface area contributed by atoms with E-state index in [2.05, 4.69) is 27.7 Å². The standard InChI is InChI=1S/C55H114N/c1-5-9-13-16-19-22-25-28-31-34-37-40-43-46-49-53-56(52-12-8-4,54-50-47-44-41-38-35-32-29-26-23-20-17-14-10-6-2)55-51-48-45-42-39-36-33-30-27-24-21-18-15-11-7-3/h5-55H2,1-4H3/q+1.